The molecule has 0 bridgehead atoms. The molecule has 1 fully saturated rings. The molecule has 41 heavy (non-hydrogen) atoms. The van der Waals surface area contributed by atoms with Crippen molar-refractivity contribution >= 4 is 5.96 Å². The Morgan fingerprint density at radius 1 is 0.829 bits per heavy atom. The molecular formula is C26H28F9N5O. The van der Waals surface area contributed by atoms with E-state index < -0.39 is 65.4 Å². The Morgan fingerprint density at radius 2 is 1.39 bits per heavy atom. The Bertz CT molecular complexity index is 1230. The largest absolute Gasteiger partial charge is 0.416 e. The first kappa shape index (κ1) is 32.2. The second-order valence-corrected chi connectivity index (χ2v) is 9.63. The summed E-state index contributed by atoms with van der Waals surface area (Å²) in [6, 6.07) is 4.09. The fraction of sp³-hybridized carbons (Fsp3) is 0.500. The highest BCUT2D eigenvalue weighted by atomic mass is 19.4. The number of hydrazone groups is 1. The summed E-state index contributed by atoms with van der Waals surface area (Å²) in [5.74, 6) is 5.01. The summed E-state index contributed by atoms with van der Waals surface area (Å²) in [4.78, 5) is 1.06. The predicted molar refractivity (Wildman–Crippen MR) is 131 cm³/mol. The van der Waals surface area contributed by atoms with Gasteiger partial charge in [0.25, 0.3) is 5.96 Å². The minimum absolute atomic E-state index is 0.0200. The van der Waals surface area contributed by atoms with Crippen LogP contribution in [0.3, 0.4) is 0 Å². The van der Waals surface area contributed by atoms with Crippen molar-refractivity contribution in [1.82, 2.24) is 4.90 Å². The molecule has 0 atom stereocenters. The highest BCUT2D eigenvalue weighted by molar-refractivity contribution is 5.80. The molecule has 0 aromatic heterocycles. The summed E-state index contributed by atoms with van der Waals surface area (Å²) in [7, 11) is 2.65. The van der Waals surface area contributed by atoms with E-state index in [0.29, 0.717) is 30.5 Å². The maximum atomic E-state index is 13.7. The van der Waals surface area contributed by atoms with Gasteiger partial charge in [-0.2, -0.15) is 44.6 Å². The van der Waals surface area contributed by atoms with Crippen LogP contribution in [0.15, 0.2) is 51.7 Å². The quantitative estimate of drug-likeness (QED) is 0.0920. The van der Waals surface area contributed by atoms with Crippen molar-refractivity contribution in [2.45, 2.75) is 69.3 Å². The molecule has 1 saturated carbocycles. The van der Waals surface area contributed by atoms with Gasteiger partial charge in [-0.25, -0.2) is 0 Å². The van der Waals surface area contributed by atoms with Gasteiger partial charge in [-0.05, 0) is 59.9 Å². The van der Waals surface area contributed by atoms with Crippen LogP contribution in [0.2, 0.25) is 0 Å². The van der Waals surface area contributed by atoms with E-state index in [9.17, 15) is 39.5 Å². The van der Waals surface area contributed by atoms with Crippen LogP contribution in [0.4, 0.5) is 39.5 Å². The van der Waals surface area contributed by atoms with Gasteiger partial charge in [-0.3, -0.25) is 0 Å². The van der Waals surface area contributed by atoms with Gasteiger partial charge in [0, 0.05) is 27.2 Å². The molecule has 3 rings (SSSR count). The van der Waals surface area contributed by atoms with Gasteiger partial charge < -0.3 is 15.5 Å². The van der Waals surface area contributed by atoms with Crippen molar-refractivity contribution in [3.05, 3.63) is 69.8 Å². The molecule has 1 aliphatic rings. The van der Waals surface area contributed by atoms with E-state index >= 15 is 0 Å². The fourth-order valence-electron chi connectivity index (χ4n) is 5.05. The standard InChI is InChI=1S/C26H28F9N5O/c1-37-39-22(38-36)40(14-16-10-19(25(30,31)32)13-20(11-16)26(33,34)35)15-17-12-18(24(27,28)29)6-7-21(17)23(41-2)8-4-3-5-9-23/h6-7,10-13H,3-5,8-9,14-15,36H2,1-2H3. The summed E-state index contributed by atoms with van der Waals surface area (Å²) in [6.07, 6.45) is -11.6. The van der Waals surface area contributed by atoms with Crippen LogP contribution < -0.4 is 5.84 Å². The lowest BCUT2D eigenvalue weighted by atomic mass is 9.77. The van der Waals surface area contributed by atoms with Crippen molar-refractivity contribution in [1.29, 1.82) is 0 Å². The predicted octanol–water partition coefficient (Wildman–Crippen LogP) is 7.86. The molecule has 0 unspecified atom stereocenters. The third-order valence-corrected chi connectivity index (χ3v) is 6.95. The molecule has 2 aromatic carbocycles. The van der Waals surface area contributed by atoms with Gasteiger partial charge in [-0.1, -0.05) is 25.3 Å². The third kappa shape index (κ3) is 7.68. The number of alkyl halides is 9. The maximum Gasteiger partial charge on any atom is 0.416 e. The molecule has 0 spiro atoms. The van der Waals surface area contributed by atoms with E-state index in [2.05, 4.69) is 15.3 Å². The van der Waals surface area contributed by atoms with Gasteiger partial charge in [0.2, 0.25) is 0 Å². The molecule has 0 heterocycles. The van der Waals surface area contributed by atoms with Crippen molar-refractivity contribution in [2.75, 3.05) is 14.2 Å². The number of halogens is 9. The topological polar surface area (TPSA) is 75.6 Å². The van der Waals surface area contributed by atoms with E-state index in [1.165, 1.54) is 20.2 Å². The SMILES string of the molecule is CN=NC(=NN)N(Cc1cc(C(F)(F)F)cc(C(F)(F)F)c1)Cc1cc(C(F)(F)F)ccc1C1(OC)CCCCC1. The lowest BCUT2D eigenvalue weighted by Crippen LogP contribution is -2.35. The van der Waals surface area contributed by atoms with E-state index in [1.807, 2.05) is 0 Å². The molecule has 226 valence electrons. The Labute approximate surface area is 230 Å². The number of rotatable bonds is 6. The number of azo groups is 1. The molecule has 0 radical (unpaired) electrons. The summed E-state index contributed by atoms with van der Waals surface area (Å²) < 4.78 is 128. The molecule has 15 heteroatoms. The van der Waals surface area contributed by atoms with Gasteiger partial charge in [0.1, 0.15) is 0 Å². The zero-order chi connectivity index (χ0) is 30.6. The lowest BCUT2D eigenvalue weighted by molar-refractivity contribution is -0.143. The number of hydrogen-bond donors (Lipinski definition) is 1. The number of guanidine groups is 1. The third-order valence-electron chi connectivity index (χ3n) is 6.95. The van der Waals surface area contributed by atoms with Crippen LogP contribution >= 0.6 is 0 Å². The normalized spacial score (nSPS) is 16.8. The summed E-state index contributed by atoms with van der Waals surface area (Å²) >= 11 is 0. The monoisotopic (exact) mass is 597 g/mol. The Kier molecular flexibility index (Phi) is 9.61. The van der Waals surface area contributed by atoms with E-state index in [4.69, 9.17) is 10.6 Å². The first-order valence-electron chi connectivity index (χ1n) is 12.4. The van der Waals surface area contributed by atoms with Crippen molar-refractivity contribution < 1.29 is 44.3 Å². The van der Waals surface area contributed by atoms with Gasteiger partial charge in [0.15, 0.2) is 0 Å². The van der Waals surface area contributed by atoms with E-state index in [-0.39, 0.29) is 11.6 Å². The summed E-state index contributed by atoms with van der Waals surface area (Å²) in [6.45, 7) is -1.13. The summed E-state index contributed by atoms with van der Waals surface area (Å²) in [5.41, 5.74) is -5.03. The van der Waals surface area contributed by atoms with Crippen LogP contribution in [-0.2, 0) is 42.0 Å². The van der Waals surface area contributed by atoms with Crippen LogP contribution in [-0.4, -0.2) is 25.0 Å². The Balaban J connectivity index is 2.19. The van der Waals surface area contributed by atoms with Crippen molar-refractivity contribution in [3.8, 4) is 0 Å². The molecule has 2 N–H and O–H groups in total. The maximum absolute atomic E-state index is 13.7. The molecule has 6 nitrogen and oxygen atoms in total. The lowest BCUT2D eigenvalue weighted by Gasteiger charge is -2.39. The van der Waals surface area contributed by atoms with Crippen molar-refractivity contribution in [2.24, 2.45) is 21.2 Å². The number of methoxy groups -OCH3 is 1. The highest BCUT2D eigenvalue weighted by Gasteiger charge is 2.39. The van der Waals surface area contributed by atoms with Crippen LogP contribution in [0.1, 0.15) is 65.5 Å². The average molecular weight is 598 g/mol. The van der Waals surface area contributed by atoms with Gasteiger partial charge in [-0.15, -0.1) is 10.2 Å². The first-order chi connectivity index (χ1) is 19.0. The Morgan fingerprint density at radius 3 is 1.85 bits per heavy atom. The second-order valence-electron chi connectivity index (χ2n) is 9.63. The van der Waals surface area contributed by atoms with Crippen LogP contribution in [0, 0.1) is 0 Å². The molecule has 1 aliphatic carbocycles. The first-order valence-corrected chi connectivity index (χ1v) is 12.4. The molecule has 0 amide bonds. The van der Waals surface area contributed by atoms with Crippen LogP contribution in [0.5, 0.6) is 0 Å². The molecule has 0 saturated heterocycles. The summed E-state index contributed by atoms with van der Waals surface area (Å²) in [5, 5.41) is 10.7. The molecule has 2 aromatic rings. The van der Waals surface area contributed by atoms with E-state index in [1.54, 1.807) is 0 Å². The highest BCUT2D eigenvalue weighted by Crippen LogP contribution is 2.43. The van der Waals surface area contributed by atoms with E-state index in [0.717, 1.165) is 36.3 Å². The van der Waals surface area contributed by atoms with Crippen molar-refractivity contribution in [3.63, 3.8) is 0 Å². The minimum Gasteiger partial charge on any atom is -0.374 e. The zero-order valence-electron chi connectivity index (χ0n) is 22.1. The van der Waals surface area contributed by atoms with Crippen LogP contribution in [0.25, 0.3) is 0 Å². The zero-order valence-corrected chi connectivity index (χ0v) is 22.1. The molecule has 0 aliphatic heterocycles. The number of hydrogen-bond acceptors (Lipinski definition) is 4. The number of benzene rings is 2. The average Bonchev–Trinajstić information content (AvgIpc) is 2.90. The fourth-order valence-corrected chi connectivity index (χ4v) is 5.05. The number of nitrogens with two attached hydrogens (primary N) is 1. The van der Waals surface area contributed by atoms with Gasteiger partial charge >= 0.3 is 18.5 Å². The minimum atomic E-state index is -5.10. The Hall–Kier alpha value is -3.36. The number of ether oxygens (including phenoxy) is 1. The number of nitrogens with zero attached hydrogens (tertiary/aromatic N) is 4. The smallest absolute Gasteiger partial charge is 0.374 e. The van der Waals surface area contributed by atoms with Gasteiger partial charge in [0.05, 0.1) is 22.3 Å². The molecular weight excluding hydrogens is 569 g/mol. The second kappa shape index (κ2) is 12.2.